The molecule has 1 aromatic heterocycles. The zero-order valence-electron chi connectivity index (χ0n) is 20.4. The van der Waals surface area contributed by atoms with E-state index in [0.717, 1.165) is 18.8 Å². The van der Waals surface area contributed by atoms with E-state index in [0.29, 0.717) is 34.1 Å². The molecule has 8 nitrogen and oxygen atoms in total. The summed E-state index contributed by atoms with van der Waals surface area (Å²) in [6.45, 7) is 11.8. The molecule has 180 valence electrons. The molecule has 9 heteroatoms. The third-order valence-electron chi connectivity index (χ3n) is 5.01. The Hall–Kier alpha value is -3.20. The Morgan fingerprint density at radius 3 is 2.38 bits per heavy atom. The zero-order valence-corrected chi connectivity index (χ0v) is 21.2. The van der Waals surface area contributed by atoms with Crippen LogP contribution in [0, 0.1) is 28.9 Å². The normalized spacial score (nSPS) is 11.6. The highest BCUT2D eigenvalue weighted by atomic mass is 32.2. The number of hydrogen-bond donors (Lipinski definition) is 0. The third kappa shape index (κ3) is 6.90. The Kier molecular flexibility index (Phi) is 8.81. The van der Waals surface area contributed by atoms with Crippen LogP contribution in [0.1, 0.15) is 44.6 Å². The summed E-state index contributed by atoms with van der Waals surface area (Å²) >= 11 is 1.54. The quantitative estimate of drug-likeness (QED) is 0.149. The van der Waals surface area contributed by atoms with Gasteiger partial charge in [0.15, 0.2) is 5.82 Å². The van der Waals surface area contributed by atoms with Gasteiger partial charge in [0.2, 0.25) is 5.16 Å². The van der Waals surface area contributed by atoms with Gasteiger partial charge in [0.05, 0.1) is 11.1 Å². The van der Waals surface area contributed by atoms with Crippen LogP contribution >= 0.6 is 11.8 Å². The second-order valence-electron chi connectivity index (χ2n) is 9.06. The van der Waals surface area contributed by atoms with Crippen LogP contribution in [0.5, 0.6) is 0 Å². The van der Waals surface area contributed by atoms with Crippen LogP contribution in [-0.4, -0.2) is 39.1 Å². The zero-order chi connectivity index (χ0) is 24.7. The van der Waals surface area contributed by atoms with E-state index >= 15 is 0 Å². The van der Waals surface area contributed by atoms with E-state index < -0.39 is 0 Å². The Labute approximate surface area is 205 Å². The van der Waals surface area contributed by atoms with E-state index in [4.69, 9.17) is 0 Å². The molecule has 0 aliphatic heterocycles. The van der Waals surface area contributed by atoms with Gasteiger partial charge in [0, 0.05) is 30.5 Å². The standard InChI is InChI=1S/C25H32N6O2S/c1-18(2)15-29(16-19(3)4)23-12-11-22(13-24(23)31(32)33)14-26-30-20(5)27-28-25(30)34-17-21-9-7-6-8-10-21/h6-14,18-19H,15-17H2,1-5H3. The van der Waals surface area contributed by atoms with Crippen molar-refractivity contribution < 1.29 is 4.92 Å². The SMILES string of the molecule is Cc1nnc(SCc2ccccc2)n1N=Cc1ccc(N(CC(C)C)CC(C)C)c([N+](=O)[O-])c1. The van der Waals surface area contributed by atoms with Gasteiger partial charge in [-0.15, -0.1) is 10.2 Å². The van der Waals surface area contributed by atoms with Gasteiger partial charge in [0.25, 0.3) is 5.69 Å². The number of hydrogen-bond acceptors (Lipinski definition) is 7. The fraction of sp³-hybridized carbons (Fsp3) is 0.400. The number of aromatic nitrogens is 3. The molecule has 34 heavy (non-hydrogen) atoms. The van der Waals surface area contributed by atoms with E-state index in [1.54, 1.807) is 28.7 Å². The summed E-state index contributed by atoms with van der Waals surface area (Å²) in [7, 11) is 0. The number of anilines is 1. The average Bonchev–Trinajstić information content (AvgIpc) is 3.15. The maximum atomic E-state index is 11.9. The van der Waals surface area contributed by atoms with Gasteiger partial charge in [-0.1, -0.05) is 75.9 Å². The second kappa shape index (κ2) is 11.8. The maximum Gasteiger partial charge on any atom is 0.293 e. The minimum Gasteiger partial charge on any atom is -0.365 e. The summed E-state index contributed by atoms with van der Waals surface area (Å²) < 4.78 is 1.66. The number of rotatable bonds is 11. The van der Waals surface area contributed by atoms with Crippen LogP contribution in [0.15, 0.2) is 58.8 Å². The van der Waals surface area contributed by atoms with Crippen molar-refractivity contribution in [3.63, 3.8) is 0 Å². The molecule has 0 unspecified atom stereocenters. The summed E-state index contributed by atoms with van der Waals surface area (Å²) in [4.78, 5) is 13.7. The fourth-order valence-electron chi connectivity index (χ4n) is 3.59. The van der Waals surface area contributed by atoms with Crippen LogP contribution in [0.3, 0.4) is 0 Å². The van der Waals surface area contributed by atoms with Crippen molar-refractivity contribution in [2.45, 2.75) is 45.5 Å². The molecule has 0 N–H and O–H groups in total. The van der Waals surface area contributed by atoms with Crippen molar-refractivity contribution in [3.8, 4) is 0 Å². The van der Waals surface area contributed by atoms with Crippen molar-refractivity contribution in [3.05, 3.63) is 75.6 Å². The van der Waals surface area contributed by atoms with Crippen LogP contribution < -0.4 is 4.90 Å². The van der Waals surface area contributed by atoms with Gasteiger partial charge in [-0.25, -0.2) is 0 Å². The molecule has 0 saturated heterocycles. The molecule has 0 fully saturated rings. The summed E-state index contributed by atoms with van der Waals surface area (Å²) in [5.74, 6) is 2.18. The van der Waals surface area contributed by atoms with Crippen molar-refractivity contribution in [1.29, 1.82) is 0 Å². The van der Waals surface area contributed by atoms with Crippen molar-refractivity contribution in [1.82, 2.24) is 14.9 Å². The number of nitro groups is 1. The predicted octanol–water partition coefficient (Wildman–Crippen LogP) is 5.79. The number of nitro benzene ring substituents is 1. The minimum absolute atomic E-state index is 0.0874. The molecule has 0 amide bonds. The molecule has 0 bridgehead atoms. The lowest BCUT2D eigenvalue weighted by atomic mass is 10.1. The Balaban J connectivity index is 1.84. The van der Waals surface area contributed by atoms with Crippen LogP contribution in [0.2, 0.25) is 0 Å². The van der Waals surface area contributed by atoms with Crippen molar-refractivity contribution in [2.24, 2.45) is 16.9 Å². The summed E-state index contributed by atoms with van der Waals surface area (Å²) in [5.41, 5.74) is 2.56. The van der Waals surface area contributed by atoms with E-state index in [1.807, 2.05) is 37.3 Å². The topological polar surface area (TPSA) is 89.5 Å². The van der Waals surface area contributed by atoms with Gasteiger partial charge in [-0.3, -0.25) is 10.1 Å². The molecule has 3 aromatic rings. The van der Waals surface area contributed by atoms with Gasteiger partial charge in [-0.2, -0.15) is 9.78 Å². The first-order valence-corrected chi connectivity index (χ1v) is 12.4. The van der Waals surface area contributed by atoms with E-state index in [9.17, 15) is 10.1 Å². The molecule has 0 radical (unpaired) electrons. The van der Waals surface area contributed by atoms with Crippen LogP contribution in [-0.2, 0) is 5.75 Å². The molecule has 0 aliphatic carbocycles. The molecule has 0 aliphatic rings. The van der Waals surface area contributed by atoms with Gasteiger partial charge in [0.1, 0.15) is 5.69 Å². The third-order valence-corrected chi connectivity index (χ3v) is 6.00. The molecule has 1 heterocycles. The smallest absolute Gasteiger partial charge is 0.293 e. The van der Waals surface area contributed by atoms with E-state index in [-0.39, 0.29) is 10.6 Å². The highest BCUT2D eigenvalue weighted by Gasteiger charge is 2.21. The van der Waals surface area contributed by atoms with Gasteiger partial charge < -0.3 is 4.90 Å². The largest absolute Gasteiger partial charge is 0.365 e. The van der Waals surface area contributed by atoms with Gasteiger partial charge >= 0.3 is 0 Å². The summed E-state index contributed by atoms with van der Waals surface area (Å²) in [6, 6.07) is 15.4. The highest BCUT2D eigenvalue weighted by molar-refractivity contribution is 7.98. The first-order valence-electron chi connectivity index (χ1n) is 11.4. The van der Waals surface area contributed by atoms with Gasteiger partial charge in [-0.05, 0) is 30.4 Å². The lowest BCUT2D eigenvalue weighted by molar-refractivity contribution is -0.384. The predicted molar refractivity (Wildman–Crippen MR) is 139 cm³/mol. The van der Waals surface area contributed by atoms with Crippen LogP contribution in [0.4, 0.5) is 11.4 Å². The summed E-state index contributed by atoms with van der Waals surface area (Å²) in [5, 5.41) is 25.5. The van der Waals surface area contributed by atoms with Crippen LogP contribution in [0.25, 0.3) is 0 Å². The monoisotopic (exact) mass is 480 g/mol. The number of aryl methyl sites for hydroxylation is 1. The first kappa shape index (κ1) is 25.4. The minimum atomic E-state index is -0.314. The number of nitrogens with zero attached hydrogens (tertiary/aromatic N) is 6. The molecule has 2 aromatic carbocycles. The molecular weight excluding hydrogens is 448 g/mol. The molecular formula is C25H32N6O2S. The molecule has 0 saturated carbocycles. The lowest BCUT2D eigenvalue weighted by Gasteiger charge is -2.28. The summed E-state index contributed by atoms with van der Waals surface area (Å²) in [6.07, 6.45) is 1.62. The fourth-order valence-corrected chi connectivity index (χ4v) is 4.48. The number of thioether (sulfide) groups is 1. The van der Waals surface area contributed by atoms with Crippen molar-refractivity contribution >= 4 is 29.4 Å². The number of benzene rings is 2. The lowest BCUT2D eigenvalue weighted by Crippen LogP contribution is -2.31. The Bertz CT molecular complexity index is 1120. The molecule has 0 atom stereocenters. The maximum absolute atomic E-state index is 11.9. The average molecular weight is 481 g/mol. The molecule has 3 rings (SSSR count). The molecule has 0 spiro atoms. The highest BCUT2D eigenvalue weighted by Crippen LogP contribution is 2.30. The second-order valence-corrected chi connectivity index (χ2v) is 10.0. The van der Waals surface area contributed by atoms with E-state index in [2.05, 4.69) is 60.0 Å². The van der Waals surface area contributed by atoms with Crippen molar-refractivity contribution in [2.75, 3.05) is 18.0 Å². The van der Waals surface area contributed by atoms with E-state index in [1.165, 1.54) is 5.56 Å². The Morgan fingerprint density at radius 2 is 1.76 bits per heavy atom. The Morgan fingerprint density at radius 1 is 1.09 bits per heavy atom. The first-order chi connectivity index (χ1) is 16.2.